The first-order valence-corrected chi connectivity index (χ1v) is 9.19. The summed E-state index contributed by atoms with van der Waals surface area (Å²) in [6.07, 6.45) is 0. The van der Waals surface area contributed by atoms with Gasteiger partial charge in [0.05, 0.1) is 25.3 Å². The fourth-order valence-electron chi connectivity index (χ4n) is 3.14. The van der Waals surface area contributed by atoms with Gasteiger partial charge in [-0.05, 0) is 42.5 Å². The summed E-state index contributed by atoms with van der Waals surface area (Å²) in [5.74, 6) is -0.817. The Morgan fingerprint density at radius 1 is 0.828 bits per heavy atom. The number of hydrogen-bond donors (Lipinski definition) is 1. The fourth-order valence-corrected chi connectivity index (χ4v) is 3.14. The van der Waals surface area contributed by atoms with Crippen LogP contribution in [0.3, 0.4) is 0 Å². The van der Waals surface area contributed by atoms with Crippen molar-refractivity contribution in [3.8, 4) is 0 Å². The number of urea groups is 1. The quantitative estimate of drug-likeness (QED) is 0.798. The lowest BCUT2D eigenvalue weighted by molar-refractivity contribution is 0.0592. The summed E-state index contributed by atoms with van der Waals surface area (Å²) in [5.41, 5.74) is 2.41. The molecule has 0 unspecified atom stereocenters. The van der Waals surface area contributed by atoms with Crippen molar-refractivity contribution in [2.24, 2.45) is 0 Å². The molecule has 1 N–H and O–H groups in total. The first-order chi connectivity index (χ1) is 14.0. The minimum absolute atomic E-state index is 0.215. The molecule has 0 atom stereocenters. The molecular formula is C21H23N3O5. The number of esters is 2. The number of nitrogens with zero attached hydrogens (tertiary/aromatic N) is 2. The summed E-state index contributed by atoms with van der Waals surface area (Å²) in [7, 11) is 2.67. The third-order valence-corrected chi connectivity index (χ3v) is 4.76. The molecule has 0 spiro atoms. The standard InChI is InChI=1S/C21H23N3O5/c1-28-19(25)15-6-8-18(9-7-15)23-10-12-24(13-11-23)21(27)22-17-5-3-4-16(14-17)20(26)29-2/h3-9,14H,10-13H2,1-2H3,(H,22,27). The fraction of sp³-hybridized carbons (Fsp3) is 0.286. The zero-order valence-corrected chi connectivity index (χ0v) is 16.4. The predicted octanol–water partition coefficient (Wildman–Crippen LogP) is 2.61. The number of methoxy groups -OCH3 is 2. The summed E-state index contributed by atoms with van der Waals surface area (Å²) < 4.78 is 9.41. The Balaban J connectivity index is 1.56. The average Bonchev–Trinajstić information content (AvgIpc) is 2.78. The molecule has 3 rings (SSSR count). The molecule has 2 aromatic rings. The lowest BCUT2D eigenvalue weighted by Crippen LogP contribution is -2.50. The van der Waals surface area contributed by atoms with E-state index in [2.05, 4.69) is 10.2 Å². The van der Waals surface area contributed by atoms with Gasteiger partial charge >= 0.3 is 18.0 Å². The van der Waals surface area contributed by atoms with Crippen LogP contribution in [-0.2, 0) is 9.47 Å². The number of anilines is 2. The highest BCUT2D eigenvalue weighted by Gasteiger charge is 2.22. The van der Waals surface area contributed by atoms with Gasteiger partial charge in [-0.1, -0.05) is 6.07 Å². The molecule has 0 aromatic heterocycles. The van der Waals surface area contributed by atoms with Crippen molar-refractivity contribution < 1.29 is 23.9 Å². The molecular weight excluding hydrogens is 374 g/mol. The number of rotatable bonds is 4. The first kappa shape index (κ1) is 20.2. The van der Waals surface area contributed by atoms with Gasteiger partial charge in [0.25, 0.3) is 0 Å². The van der Waals surface area contributed by atoms with Gasteiger partial charge in [-0.25, -0.2) is 14.4 Å². The zero-order chi connectivity index (χ0) is 20.8. The van der Waals surface area contributed by atoms with Crippen LogP contribution in [0.5, 0.6) is 0 Å². The molecule has 8 heteroatoms. The Morgan fingerprint density at radius 2 is 1.45 bits per heavy atom. The molecule has 152 valence electrons. The number of ether oxygens (including phenoxy) is 2. The predicted molar refractivity (Wildman–Crippen MR) is 108 cm³/mol. The van der Waals surface area contributed by atoms with Crippen LogP contribution in [0.25, 0.3) is 0 Å². The molecule has 2 amide bonds. The Kier molecular flexibility index (Phi) is 6.33. The van der Waals surface area contributed by atoms with E-state index in [0.717, 1.165) is 5.69 Å². The van der Waals surface area contributed by atoms with Gasteiger partial charge < -0.3 is 24.6 Å². The number of amides is 2. The van der Waals surface area contributed by atoms with E-state index in [1.54, 1.807) is 41.3 Å². The van der Waals surface area contributed by atoms with Gasteiger partial charge in [0.1, 0.15) is 0 Å². The number of piperazine rings is 1. The van der Waals surface area contributed by atoms with E-state index in [1.807, 2.05) is 12.1 Å². The van der Waals surface area contributed by atoms with Crippen molar-refractivity contribution in [1.29, 1.82) is 0 Å². The van der Waals surface area contributed by atoms with Gasteiger partial charge in [0.2, 0.25) is 0 Å². The highest BCUT2D eigenvalue weighted by molar-refractivity contribution is 5.94. The van der Waals surface area contributed by atoms with Crippen LogP contribution in [0.1, 0.15) is 20.7 Å². The summed E-state index contributed by atoms with van der Waals surface area (Å²) in [6, 6.07) is 13.6. The molecule has 0 saturated carbocycles. The minimum Gasteiger partial charge on any atom is -0.465 e. The Hall–Kier alpha value is -3.55. The van der Waals surface area contributed by atoms with E-state index < -0.39 is 5.97 Å². The number of hydrogen-bond acceptors (Lipinski definition) is 6. The maximum absolute atomic E-state index is 12.5. The molecule has 8 nitrogen and oxygen atoms in total. The number of benzene rings is 2. The Morgan fingerprint density at radius 3 is 2.07 bits per heavy atom. The largest absolute Gasteiger partial charge is 0.465 e. The van der Waals surface area contributed by atoms with Gasteiger partial charge in [-0.3, -0.25) is 0 Å². The summed E-state index contributed by atoms with van der Waals surface area (Å²) in [4.78, 5) is 39.6. The van der Waals surface area contributed by atoms with Crippen molar-refractivity contribution in [3.05, 3.63) is 59.7 Å². The highest BCUT2D eigenvalue weighted by atomic mass is 16.5. The van der Waals surface area contributed by atoms with Gasteiger partial charge in [-0.15, -0.1) is 0 Å². The van der Waals surface area contributed by atoms with Crippen molar-refractivity contribution in [2.75, 3.05) is 50.6 Å². The second kappa shape index (κ2) is 9.09. The summed E-state index contributed by atoms with van der Waals surface area (Å²) in [6.45, 7) is 2.46. The van der Waals surface area contributed by atoms with Crippen molar-refractivity contribution in [2.45, 2.75) is 0 Å². The maximum Gasteiger partial charge on any atom is 0.337 e. The molecule has 0 bridgehead atoms. The topological polar surface area (TPSA) is 88.2 Å². The van der Waals surface area contributed by atoms with Gasteiger partial charge in [0.15, 0.2) is 0 Å². The third-order valence-electron chi connectivity index (χ3n) is 4.76. The number of carbonyl (C=O) groups is 3. The van der Waals surface area contributed by atoms with E-state index in [0.29, 0.717) is 43.0 Å². The van der Waals surface area contributed by atoms with Crippen LogP contribution in [0, 0.1) is 0 Å². The van der Waals surface area contributed by atoms with Crippen LogP contribution in [0.4, 0.5) is 16.2 Å². The van der Waals surface area contributed by atoms with Crippen LogP contribution in [-0.4, -0.2) is 63.3 Å². The van der Waals surface area contributed by atoms with Crippen molar-refractivity contribution >= 4 is 29.3 Å². The van der Waals surface area contributed by atoms with E-state index >= 15 is 0 Å². The van der Waals surface area contributed by atoms with Gasteiger partial charge in [-0.2, -0.15) is 0 Å². The number of nitrogens with one attached hydrogen (secondary N) is 1. The van der Waals surface area contributed by atoms with Crippen LogP contribution < -0.4 is 10.2 Å². The van der Waals surface area contributed by atoms with E-state index in [-0.39, 0.29) is 12.0 Å². The lowest BCUT2D eigenvalue weighted by Gasteiger charge is -2.36. The summed E-state index contributed by atoms with van der Waals surface area (Å²) in [5, 5.41) is 2.82. The van der Waals surface area contributed by atoms with E-state index in [9.17, 15) is 14.4 Å². The zero-order valence-electron chi connectivity index (χ0n) is 16.4. The molecule has 2 aromatic carbocycles. The Bertz CT molecular complexity index is 889. The molecule has 1 aliphatic rings. The number of carbonyl (C=O) groups excluding carboxylic acids is 3. The maximum atomic E-state index is 12.5. The molecule has 0 aliphatic carbocycles. The van der Waals surface area contributed by atoms with Crippen LogP contribution in [0.15, 0.2) is 48.5 Å². The van der Waals surface area contributed by atoms with Crippen LogP contribution >= 0.6 is 0 Å². The molecule has 1 fully saturated rings. The highest BCUT2D eigenvalue weighted by Crippen LogP contribution is 2.19. The Labute approximate surface area is 169 Å². The molecule has 1 heterocycles. The SMILES string of the molecule is COC(=O)c1ccc(N2CCN(C(=O)Nc3cccc(C(=O)OC)c3)CC2)cc1. The third kappa shape index (κ3) is 4.84. The normalized spacial score (nSPS) is 13.6. The second-order valence-electron chi connectivity index (χ2n) is 6.52. The molecule has 29 heavy (non-hydrogen) atoms. The second-order valence-corrected chi connectivity index (χ2v) is 6.52. The van der Waals surface area contributed by atoms with E-state index in [4.69, 9.17) is 9.47 Å². The minimum atomic E-state index is -0.451. The lowest BCUT2D eigenvalue weighted by atomic mass is 10.2. The summed E-state index contributed by atoms with van der Waals surface area (Å²) >= 11 is 0. The molecule has 0 radical (unpaired) electrons. The molecule has 1 aliphatic heterocycles. The average molecular weight is 397 g/mol. The molecule has 1 saturated heterocycles. The first-order valence-electron chi connectivity index (χ1n) is 9.19. The smallest absolute Gasteiger partial charge is 0.337 e. The van der Waals surface area contributed by atoms with Gasteiger partial charge in [0, 0.05) is 37.6 Å². The van der Waals surface area contributed by atoms with E-state index in [1.165, 1.54) is 14.2 Å². The van der Waals surface area contributed by atoms with Crippen molar-refractivity contribution in [3.63, 3.8) is 0 Å². The van der Waals surface area contributed by atoms with Crippen molar-refractivity contribution in [1.82, 2.24) is 4.90 Å². The monoisotopic (exact) mass is 397 g/mol. The van der Waals surface area contributed by atoms with Crippen LogP contribution in [0.2, 0.25) is 0 Å².